The number of phenols is 1. The first-order valence-corrected chi connectivity index (χ1v) is 28.4. The molecular weight excluding hydrogens is 1090 g/mol. The fourth-order valence-corrected chi connectivity index (χ4v) is 10.9. The molecule has 0 aliphatic rings. The normalized spacial score (nSPS) is 13.0. The van der Waals surface area contributed by atoms with Crippen LogP contribution < -0.4 is 10.1 Å². The minimum atomic E-state index is -5.10. The molecule has 0 fully saturated rings. The van der Waals surface area contributed by atoms with Crippen LogP contribution in [-0.4, -0.2) is 77.1 Å². The van der Waals surface area contributed by atoms with Gasteiger partial charge in [0.05, 0.1) is 50.2 Å². The number of aromatic hydroxyl groups is 1. The van der Waals surface area contributed by atoms with E-state index in [0.29, 0.717) is 23.2 Å². The number of nitrogens with one attached hydrogen (secondary N) is 1. The third-order valence-electron chi connectivity index (χ3n) is 11.4. The van der Waals surface area contributed by atoms with E-state index in [9.17, 15) is 70.0 Å². The Morgan fingerprint density at radius 1 is 0.382 bits per heavy atom. The molecule has 0 saturated heterocycles. The molecule has 0 atom stereocenters. The first-order valence-electron chi connectivity index (χ1n) is 21.2. The topological polar surface area (TPSA) is 388 Å². The third-order valence-corrected chi connectivity index (χ3v) is 15.7. The average Bonchev–Trinajstić information content (AvgIpc) is 3.35. The summed E-state index contributed by atoms with van der Waals surface area (Å²) in [5.74, 6) is -0.0874. The van der Waals surface area contributed by atoms with E-state index in [1.807, 2.05) is 0 Å². The molecule has 29 heteroatoms. The van der Waals surface area contributed by atoms with E-state index >= 15 is 0 Å². The fraction of sp³-hybridized carbons (Fsp3) is 0.0213. The van der Waals surface area contributed by atoms with Crippen LogP contribution in [0.15, 0.2) is 195 Å². The summed E-state index contributed by atoms with van der Waals surface area (Å²) in [4.78, 5) is -3.68. The van der Waals surface area contributed by atoms with Crippen LogP contribution in [0.25, 0.3) is 43.1 Å². The zero-order valence-electron chi connectivity index (χ0n) is 38.2. The summed E-state index contributed by atoms with van der Waals surface area (Å²) in [5.41, 5.74) is 0.297. The van der Waals surface area contributed by atoms with Gasteiger partial charge in [-0.25, -0.2) is 0 Å². The molecule has 76 heavy (non-hydrogen) atoms. The molecule has 0 saturated carbocycles. The summed E-state index contributed by atoms with van der Waals surface area (Å²) in [6.07, 6.45) is 0. The van der Waals surface area contributed by atoms with Crippen LogP contribution in [-0.2, 0) is 50.6 Å². The molecule has 0 aromatic heterocycles. The SMILES string of the molecule is COc1ccc(Nc2ccc3c(O)c(N=Nc4ccc(N=Nc5ccc(N=Nc6ccc7cc(S(=O)(=O)O)cc(S(=O)(=O)O)c7c6)c6ccc(S(=O)(=O)O)cc56)c5ccc(S(=O)(=O)O)cc45)c(S(=O)(=O)O)cc3c2)cc1. The van der Waals surface area contributed by atoms with Crippen LogP contribution in [0.5, 0.6) is 11.5 Å². The van der Waals surface area contributed by atoms with Gasteiger partial charge in [-0.1, -0.05) is 18.2 Å². The smallest absolute Gasteiger partial charge is 0.296 e. The molecule has 0 aliphatic heterocycles. The maximum atomic E-state index is 12.8. The number of ether oxygens (including phenoxy) is 1. The van der Waals surface area contributed by atoms with Gasteiger partial charge in [-0.15, -0.1) is 25.6 Å². The van der Waals surface area contributed by atoms with E-state index in [1.54, 1.807) is 30.3 Å². The highest BCUT2D eigenvalue weighted by Crippen LogP contribution is 2.45. The second-order valence-electron chi connectivity index (χ2n) is 16.3. The first-order chi connectivity index (χ1) is 35.6. The highest BCUT2D eigenvalue weighted by Gasteiger charge is 2.24. The zero-order chi connectivity index (χ0) is 54.7. The Bertz CT molecular complexity index is 4640. The molecular formula is C47H33N7O17S5. The largest absolute Gasteiger partial charge is 0.505 e. The van der Waals surface area contributed by atoms with E-state index in [1.165, 1.54) is 67.8 Å². The fourth-order valence-electron chi connectivity index (χ4n) is 7.86. The number of benzene rings is 9. The number of fused-ring (bicyclic) bond motifs is 4. The summed E-state index contributed by atoms with van der Waals surface area (Å²) < 4.78 is 178. The van der Waals surface area contributed by atoms with Crippen molar-refractivity contribution in [1.29, 1.82) is 0 Å². The lowest BCUT2D eigenvalue weighted by Gasteiger charge is -2.12. The van der Waals surface area contributed by atoms with Crippen molar-refractivity contribution >= 4 is 139 Å². The summed E-state index contributed by atoms with van der Waals surface area (Å²) in [6, 6.07) is 29.8. The van der Waals surface area contributed by atoms with Gasteiger partial charge in [0.15, 0.2) is 5.75 Å². The Kier molecular flexibility index (Phi) is 13.5. The summed E-state index contributed by atoms with van der Waals surface area (Å²) in [7, 11) is -23.2. The number of nitrogens with zero attached hydrogens (tertiary/aromatic N) is 6. The Hall–Kier alpha value is -8.23. The van der Waals surface area contributed by atoms with E-state index in [4.69, 9.17) is 4.74 Å². The van der Waals surface area contributed by atoms with Gasteiger partial charge in [-0.2, -0.15) is 47.2 Å². The first kappa shape index (κ1) is 52.6. The van der Waals surface area contributed by atoms with Crippen LogP contribution in [0, 0.1) is 0 Å². The zero-order valence-corrected chi connectivity index (χ0v) is 42.3. The van der Waals surface area contributed by atoms with Crippen molar-refractivity contribution < 1.29 is 74.7 Å². The van der Waals surface area contributed by atoms with E-state index < -0.39 is 86.5 Å². The summed E-state index contributed by atoms with van der Waals surface area (Å²) in [6.45, 7) is 0. The van der Waals surface area contributed by atoms with Gasteiger partial charge in [0.25, 0.3) is 50.6 Å². The van der Waals surface area contributed by atoms with E-state index in [0.717, 1.165) is 42.5 Å². The van der Waals surface area contributed by atoms with Crippen LogP contribution in [0.3, 0.4) is 0 Å². The van der Waals surface area contributed by atoms with Crippen LogP contribution >= 0.6 is 0 Å². The Morgan fingerprint density at radius 2 is 0.868 bits per heavy atom. The minimum Gasteiger partial charge on any atom is -0.505 e. The monoisotopic (exact) mass is 1130 g/mol. The van der Waals surface area contributed by atoms with Crippen molar-refractivity contribution in [2.75, 3.05) is 12.4 Å². The predicted octanol–water partition coefficient (Wildman–Crippen LogP) is 11.2. The number of anilines is 2. The minimum absolute atomic E-state index is 0.00851. The molecule has 0 amide bonds. The summed E-state index contributed by atoms with van der Waals surface area (Å²) >= 11 is 0. The molecule has 0 bridgehead atoms. The van der Waals surface area contributed by atoms with Crippen LogP contribution in [0.1, 0.15) is 0 Å². The maximum absolute atomic E-state index is 12.8. The predicted molar refractivity (Wildman–Crippen MR) is 275 cm³/mol. The number of hydrogen-bond donors (Lipinski definition) is 7. The number of azo groups is 3. The summed E-state index contributed by atoms with van der Waals surface area (Å²) in [5, 5.41) is 40.0. The Morgan fingerprint density at radius 3 is 1.38 bits per heavy atom. The van der Waals surface area contributed by atoms with Crippen molar-refractivity contribution in [2.24, 2.45) is 30.7 Å². The second-order valence-corrected chi connectivity index (χ2v) is 23.3. The Labute approximate surface area is 430 Å². The van der Waals surface area contributed by atoms with Crippen molar-refractivity contribution in [3.8, 4) is 11.5 Å². The molecule has 0 spiro atoms. The number of hydrogen-bond acceptors (Lipinski definition) is 19. The number of phenolic OH excluding ortho intramolecular Hbond substituents is 1. The Balaban J connectivity index is 1.10. The van der Waals surface area contributed by atoms with Gasteiger partial charge in [-0.3, -0.25) is 22.8 Å². The van der Waals surface area contributed by atoms with Gasteiger partial charge in [0.1, 0.15) is 21.2 Å². The van der Waals surface area contributed by atoms with Gasteiger partial charge >= 0.3 is 0 Å². The van der Waals surface area contributed by atoms with Crippen molar-refractivity contribution in [3.05, 3.63) is 140 Å². The molecule has 388 valence electrons. The lowest BCUT2D eigenvalue weighted by Crippen LogP contribution is -2.04. The van der Waals surface area contributed by atoms with Gasteiger partial charge in [0.2, 0.25) is 0 Å². The van der Waals surface area contributed by atoms with Crippen molar-refractivity contribution in [3.63, 3.8) is 0 Å². The molecule has 0 radical (unpaired) electrons. The molecule has 9 rings (SSSR count). The van der Waals surface area contributed by atoms with Gasteiger partial charge in [0, 0.05) is 43.7 Å². The van der Waals surface area contributed by atoms with Crippen molar-refractivity contribution in [1.82, 2.24) is 0 Å². The lowest BCUT2D eigenvalue weighted by atomic mass is 10.1. The number of methoxy groups -OCH3 is 1. The van der Waals surface area contributed by atoms with E-state index in [-0.39, 0.29) is 71.5 Å². The average molecular weight is 1130 g/mol. The highest BCUT2D eigenvalue weighted by atomic mass is 32.2. The lowest BCUT2D eigenvalue weighted by molar-refractivity contribution is 0.415. The van der Waals surface area contributed by atoms with Crippen molar-refractivity contribution in [2.45, 2.75) is 24.5 Å². The second kappa shape index (κ2) is 19.5. The van der Waals surface area contributed by atoms with E-state index in [2.05, 4.69) is 36.0 Å². The molecule has 7 N–H and O–H groups in total. The number of rotatable bonds is 14. The molecule has 24 nitrogen and oxygen atoms in total. The quantitative estimate of drug-likeness (QED) is 0.0393. The highest BCUT2D eigenvalue weighted by molar-refractivity contribution is 7.87. The molecule has 9 aromatic carbocycles. The van der Waals surface area contributed by atoms with Crippen LogP contribution in [0.4, 0.5) is 45.5 Å². The third kappa shape index (κ3) is 10.9. The molecule has 0 aliphatic carbocycles. The van der Waals surface area contributed by atoms with Gasteiger partial charge < -0.3 is 15.2 Å². The standard InChI is InChI=1S/C47H33N7O17S5/c1-71-30-7-4-27(5-8-30)48-28-6-11-34-26(18-28)20-45(76(68,69)70)46(47(34)55)54-53-43-17-15-41(36-13-10-32(23-39(36)43)73(59,60)61)51-52-42-16-14-40(35-12-9-31(22-38(35)42)72(56,57)58)50-49-29-3-2-25-19-33(74(62,63)64)24-44(37(25)21-29)75(65,66)67/h2-24,48,55H,1H3,(H,56,57,58)(H,59,60,61)(H,62,63,64)(H,65,66,67)(H,68,69,70). The maximum Gasteiger partial charge on any atom is 0.296 e. The van der Waals surface area contributed by atoms with Gasteiger partial charge in [-0.05, 0) is 132 Å². The molecule has 9 aromatic rings. The van der Waals surface area contributed by atoms with Crippen LogP contribution in [0.2, 0.25) is 0 Å². The molecule has 0 heterocycles. The molecule has 0 unspecified atom stereocenters.